The van der Waals surface area contributed by atoms with E-state index in [1.54, 1.807) is 0 Å². The van der Waals surface area contributed by atoms with Crippen LogP contribution >= 0.6 is 0 Å². The average Bonchev–Trinajstić information content (AvgIpc) is 2.54. The van der Waals surface area contributed by atoms with Crippen LogP contribution in [-0.2, 0) is 14.2 Å². The largest absolute Gasteiger partial charge is 0.394 e. The van der Waals surface area contributed by atoms with Gasteiger partial charge in [-0.15, -0.1) is 0 Å². The fraction of sp³-hybridized carbons (Fsp3) is 1.00. The molecule has 11 nitrogen and oxygen atoms in total. The maximum atomic E-state index is 9.94. The van der Waals surface area contributed by atoms with Gasteiger partial charge in [0.05, 0.1) is 13.2 Å². The van der Waals surface area contributed by atoms with Crippen LogP contribution in [0.25, 0.3) is 0 Å². The highest BCUT2D eigenvalue weighted by Gasteiger charge is 2.50. The van der Waals surface area contributed by atoms with Crippen molar-refractivity contribution in [1.29, 1.82) is 0 Å². The van der Waals surface area contributed by atoms with E-state index in [9.17, 15) is 30.6 Å². The van der Waals surface area contributed by atoms with Crippen molar-refractivity contribution in [2.45, 2.75) is 61.4 Å². The van der Waals surface area contributed by atoms with Crippen molar-refractivity contribution in [3.63, 3.8) is 0 Å². The van der Waals surface area contributed by atoms with Crippen LogP contribution in [0.2, 0.25) is 0 Å². The van der Waals surface area contributed by atoms with Crippen LogP contribution in [0.4, 0.5) is 0 Å². The zero-order valence-electron chi connectivity index (χ0n) is 12.0. The minimum Gasteiger partial charge on any atom is -0.394 e. The zero-order valence-corrected chi connectivity index (χ0v) is 12.0. The molecule has 23 heavy (non-hydrogen) atoms. The summed E-state index contributed by atoms with van der Waals surface area (Å²) in [7, 11) is 0. The molecule has 8 N–H and O–H groups in total. The van der Waals surface area contributed by atoms with E-state index < -0.39 is 74.6 Å². The van der Waals surface area contributed by atoms with Crippen molar-refractivity contribution in [3.05, 3.63) is 0 Å². The van der Waals surface area contributed by atoms with Crippen molar-refractivity contribution < 1.29 is 55.1 Å². The van der Waals surface area contributed by atoms with Gasteiger partial charge in [-0.3, -0.25) is 0 Å². The number of hydrogen-bond donors (Lipinski definition) is 8. The summed E-state index contributed by atoms with van der Waals surface area (Å²) >= 11 is 0. The van der Waals surface area contributed by atoms with E-state index in [1.165, 1.54) is 0 Å². The van der Waals surface area contributed by atoms with Gasteiger partial charge in [-0.1, -0.05) is 0 Å². The molecule has 2 fully saturated rings. The van der Waals surface area contributed by atoms with Crippen LogP contribution in [0.15, 0.2) is 0 Å². The molecular weight excluding hydrogens is 320 g/mol. The molecule has 0 aromatic rings. The van der Waals surface area contributed by atoms with E-state index in [0.717, 1.165) is 0 Å². The molecule has 10 atom stereocenters. The molecule has 0 aliphatic carbocycles. The summed E-state index contributed by atoms with van der Waals surface area (Å²) in [6.45, 7) is -1.33. The van der Waals surface area contributed by atoms with Crippen molar-refractivity contribution in [3.8, 4) is 0 Å². The van der Waals surface area contributed by atoms with Gasteiger partial charge < -0.3 is 55.1 Å². The van der Waals surface area contributed by atoms with E-state index in [0.29, 0.717) is 0 Å². The lowest BCUT2D eigenvalue weighted by Gasteiger charge is -2.44. The molecule has 2 aliphatic rings. The van der Waals surface area contributed by atoms with Crippen molar-refractivity contribution in [1.82, 2.24) is 0 Å². The lowest BCUT2D eigenvalue weighted by molar-refractivity contribution is -0.361. The molecule has 2 aliphatic heterocycles. The molecule has 0 aromatic carbocycles. The van der Waals surface area contributed by atoms with E-state index >= 15 is 0 Å². The molecule has 0 aromatic heterocycles. The van der Waals surface area contributed by atoms with Gasteiger partial charge in [0.1, 0.15) is 48.8 Å². The molecule has 136 valence electrons. The Morgan fingerprint density at radius 2 is 1.17 bits per heavy atom. The summed E-state index contributed by atoms with van der Waals surface area (Å²) in [5, 5.41) is 76.7. The molecule has 0 bridgehead atoms. The minimum atomic E-state index is -1.75. The van der Waals surface area contributed by atoms with Crippen LogP contribution in [-0.4, -0.2) is 115 Å². The van der Waals surface area contributed by atoms with Gasteiger partial charge in [0.15, 0.2) is 12.6 Å². The second kappa shape index (κ2) is 7.63. The van der Waals surface area contributed by atoms with E-state index in [1.807, 2.05) is 0 Å². The SMILES string of the molecule is OC[C@H]1O[C@@H](O[C@H]2C(O)O[C@H](CO)[C@@H](O)[C@@H]2O)[C@H](O)[C@@H](O)[C@H]1O. The second-order valence-electron chi connectivity index (χ2n) is 5.53. The fourth-order valence-corrected chi connectivity index (χ4v) is 2.55. The van der Waals surface area contributed by atoms with Gasteiger partial charge in [-0.2, -0.15) is 0 Å². The first kappa shape index (κ1) is 18.9. The molecular formula is C12H22O11. The third-order valence-corrected chi connectivity index (χ3v) is 3.98. The first-order valence-corrected chi connectivity index (χ1v) is 7.08. The molecule has 0 spiro atoms. The van der Waals surface area contributed by atoms with Gasteiger partial charge in [-0.25, -0.2) is 0 Å². The normalized spacial score (nSPS) is 51.7. The third-order valence-electron chi connectivity index (χ3n) is 3.98. The Balaban J connectivity index is 2.08. The topological polar surface area (TPSA) is 190 Å². The maximum absolute atomic E-state index is 9.94. The van der Waals surface area contributed by atoms with Crippen molar-refractivity contribution in [2.75, 3.05) is 13.2 Å². The smallest absolute Gasteiger partial charge is 0.187 e. The van der Waals surface area contributed by atoms with Gasteiger partial charge >= 0.3 is 0 Å². The fourth-order valence-electron chi connectivity index (χ4n) is 2.55. The van der Waals surface area contributed by atoms with Gasteiger partial charge in [0, 0.05) is 0 Å². The summed E-state index contributed by atoms with van der Waals surface area (Å²) in [4.78, 5) is 0. The highest BCUT2D eigenvalue weighted by atomic mass is 16.7. The molecule has 11 heteroatoms. The number of rotatable bonds is 4. The Morgan fingerprint density at radius 1 is 0.652 bits per heavy atom. The molecule has 2 rings (SSSR count). The summed E-state index contributed by atoms with van der Waals surface area (Å²) < 4.78 is 15.1. The lowest BCUT2D eigenvalue weighted by Crippen LogP contribution is -2.64. The Hall–Kier alpha value is -0.440. The molecule has 2 heterocycles. The zero-order chi connectivity index (χ0) is 17.3. The van der Waals surface area contributed by atoms with Crippen LogP contribution in [0, 0.1) is 0 Å². The average molecular weight is 342 g/mol. The standard InChI is InChI=1S/C12H22O11/c13-1-3-6(16)8(18)10(11(20)21-3)23-12-9(19)7(17)5(15)4(2-14)22-12/h3-20H,1-2H2/t3-,4-,5+,6-,7+,8+,9-,10-,11?,12+/m1/s1. The number of aliphatic hydroxyl groups is 8. The van der Waals surface area contributed by atoms with E-state index in [2.05, 4.69) is 0 Å². The predicted octanol–water partition coefficient (Wildman–Crippen LogP) is -5.40. The number of ether oxygens (including phenoxy) is 3. The van der Waals surface area contributed by atoms with Crippen molar-refractivity contribution >= 4 is 0 Å². The summed E-state index contributed by atoms with van der Waals surface area (Å²) in [6.07, 6.45) is -15.6. The Morgan fingerprint density at radius 3 is 1.74 bits per heavy atom. The summed E-state index contributed by atoms with van der Waals surface area (Å²) in [5.41, 5.74) is 0. The molecule has 0 saturated carbocycles. The summed E-state index contributed by atoms with van der Waals surface area (Å²) in [5.74, 6) is 0. The molecule has 0 radical (unpaired) electrons. The first-order chi connectivity index (χ1) is 10.8. The second-order valence-corrected chi connectivity index (χ2v) is 5.53. The van der Waals surface area contributed by atoms with Gasteiger partial charge in [0.2, 0.25) is 0 Å². The summed E-state index contributed by atoms with van der Waals surface area (Å²) in [6, 6.07) is 0. The monoisotopic (exact) mass is 342 g/mol. The van der Waals surface area contributed by atoms with Crippen molar-refractivity contribution in [2.24, 2.45) is 0 Å². The minimum absolute atomic E-state index is 0.651. The highest BCUT2D eigenvalue weighted by molar-refractivity contribution is 4.93. The van der Waals surface area contributed by atoms with Crippen LogP contribution < -0.4 is 0 Å². The van der Waals surface area contributed by atoms with E-state index in [-0.39, 0.29) is 0 Å². The highest BCUT2D eigenvalue weighted by Crippen LogP contribution is 2.28. The van der Waals surface area contributed by atoms with Crippen LogP contribution in [0.5, 0.6) is 0 Å². The van der Waals surface area contributed by atoms with Gasteiger partial charge in [-0.05, 0) is 0 Å². The lowest BCUT2D eigenvalue weighted by atomic mass is 9.97. The molecule has 0 amide bonds. The first-order valence-electron chi connectivity index (χ1n) is 7.08. The number of hydrogen-bond acceptors (Lipinski definition) is 11. The maximum Gasteiger partial charge on any atom is 0.187 e. The van der Waals surface area contributed by atoms with Crippen LogP contribution in [0.3, 0.4) is 0 Å². The molecule has 2 saturated heterocycles. The Kier molecular flexibility index (Phi) is 6.27. The Bertz CT molecular complexity index is 380. The van der Waals surface area contributed by atoms with Gasteiger partial charge in [0.25, 0.3) is 0 Å². The van der Waals surface area contributed by atoms with E-state index in [4.69, 9.17) is 24.4 Å². The van der Waals surface area contributed by atoms with Crippen LogP contribution in [0.1, 0.15) is 0 Å². The number of aliphatic hydroxyl groups excluding tert-OH is 8. The Labute approximate surface area is 130 Å². The predicted molar refractivity (Wildman–Crippen MR) is 68.6 cm³/mol. The quantitative estimate of drug-likeness (QED) is 0.243. The molecule has 1 unspecified atom stereocenters. The third kappa shape index (κ3) is 3.65.